The Morgan fingerprint density at radius 1 is 0.483 bits per heavy atom. The Labute approximate surface area is 692 Å². The van der Waals surface area contributed by atoms with Crippen molar-refractivity contribution in [2.75, 3.05) is 30.0 Å². The number of ether oxygens (including phenoxy) is 1. The molecular formula is C100H105F5N8O4S. The summed E-state index contributed by atoms with van der Waals surface area (Å²) in [4.78, 5) is 32.2. The fourth-order valence-electron chi connectivity index (χ4n) is 15.6. The van der Waals surface area contributed by atoms with Crippen molar-refractivity contribution in [2.45, 2.75) is 152 Å². The number of para-hydroxylation sites is 3. The molecule has 9 aromatic carbocycles. The molecule has 0 bridgehead atoms. The van der Waals surface area contributed by atoms with E-state index >= 15 is 0 Å². The first-order valence-electron chi connectivity index (χ1n) is 40.0. The van der Waals surface area contributed by atoms with Crippen LogP contribution in [0.5, 0.6) is 0 Å². The molecular weight excluding hydrogens is 1500 g/mol. The highest BCUT2D eigenvalue weighted by atomic mass is 32.2. The van der Waals surface area contributed by atoms with Crippen LogP contribution in [0.3, 0.4) is 0 Å². The standard InChI is InChI=1S/C27H25FN2O.C20H26FNO.C19H16FN.C18H18FN.C16H20FN3O2S/c1-18(2)25-24(27(31)29-22-12-8-5-9-13-22)23(19-10-6-4-7-11-19)26(30(25)3)20-14-16-21(28)17-15-20;1-12(2)19-14(5)18(15-7-9-16(21)10-8-15)17(11-23-6)20(22-19)13(3)4;1-12-18(13-8-10-15(20)11-9-13)16-4-2-3-5-17(16)21-19(12)14-6-7-14;1-12(2)20-13(3)18(14-8-10-15(19)11-9-14)16-6-4-5-7-17(16)20;1-10(2)14-11(3)15(12-6-8-13(17)9-7-12)19-16(18-14)20(4)23(5,21)22/h4-18H,1-3H3,(H,29,31);7-10,12-13H,11H2,1-6H3;2-5,8-11,14H,6-7H2,1H3;4-12H,1-3H3;6-10H,1-5H3. The summed E-state index contributed by atoms with van der Waals surface area (Å²) in [7, 11) is 1.62. The van der Waals surface area contributed by atoms with E-state index in [4.69, 9.17) is 14.7 Å². The molecule has 5 aromatic heterocycles. The van der Waals surface area contributed by atoms with Gasteiger partial charge in [-0.05, 0) is 243 Å². The third-order valence-corrected chi connectivity index (χ3v) is 22.4. The quantitative estimate of drug-likeness (QED) is 0.0839. The molecule has 610 valence electrons. The molecule has 15 rings (SSSR count). The average Bonchev–Trinajstić information content (AvgIpc) is 1.55. The van der Waals surface area contributed by atoms with Crippen LogP contribution >= 0.6 is 0 Å². The van der Waals surface area contributed by atoms with Crippen molar-refractivity contribution in [1.29, 1.82) is 0 Å². The van der Waals surface area contributed by atoms with Crippen molar-refractivity contribution >= 4 is 49.4 Å². The molecule has 118 heavy (non-hydrogen) atoms. The third-order valence-electron chi connectivity index (χ3n) is 21.2. The number of hydrogen-bond donors (Lipinski definition) is 1. The molecule has 18 heteroatoms. The topological polar surface area (TPSA) is 137 Å². The molecule has 1 amide bonds. The number of nitrogens with zero attached hydrogens (tertiary/aromatic N) is 7. The van der Waals surface area contributed by atoms with Crippen molar-refractivity contribution in [2.24, 2.45) is 7.05 Å². The fraction of sp³-hybridized carbons (Fsp3) is 0.270. The van der Waals surface area contributed by atoms with E-state index in [2.05, 4.69) is 137 Å². The van der Waals surface area contributed by atoms with Gasteiger partial charge in [-0.1, -0.05) is 177 Å². The highest BCUT2D eigenvalue weighted by molar-refractivity contribution is 7.92. The molecule has 12 nitrogen and oxygen atoms in total. The van der Waals surface area contributed by atoms with Gasteiger partial charge in [0.1, 0.15) is 29.1 Å². The summed E-state index contributed by atoms with van der Waals surface area (Å²) in [6.07, 6.45) is 3.56. The minimum atomic E-state index is -3.47. The van der Waals surface area contributed by atoms with Crippen LogP contribution in [0.15, 0.2) is 231 Å². The van der Waals surface area contributed by atoms with Crippen molar-refractivity contribution in [3.05, 3.63) is 322 Å². The van der Waals surface area contributed by atoms with Gasteiger partial charge in [0, 0.05) is 106 Å². The Hall–Kier alpha value is -11.7. The summed E-state index contributed by atoms with van der Waals surface area (Å²) in [5.74, 6) is 0.178. The van der Waals surface area contributed by atoms with Gasteiger partial charge in [0.25, 0.3) is 5.91 Å². The number of aromatic nitrogens is 6. The number of benzene rings is 9. The molecule has 0 unspecified atom stereocenters. The molecule has 0 atom stereocenters. The summed E-state index contributed by atoms with van der Waals surface area (Å²) < 4.78 is 101. The molecule has 0 saturated heterocycles. The molecule has 14 aromatic rings. The summed E-state index contributed by atoms with van der Waals surface area (Å²) in [5.41, 5.74) is 25.9. The maximum atomic E-state index is 13.6. The van der Waals surface area contributed by atoms with Crippen LogP contribution in [0.1, 0.15) is 184 Å². The number of rotatable bonds is 18. The third kappa shape index (κ3) is 19.9. The van der Waals surface area contributed by atoms with Gasteiger partial charge in [-0.25, -0.2) is 44.6 Å². The number of fused-ring (bicyclic) bond motifs is 2. The van der Waals surface area contributed by atoms with Crippen molar-refractivity contribution < 1.29 is 39.9 Å². The number of hydrogen-bond acceptors (Lipinski definition) is 8. The van der Waals surface area contributed by atoms with Gasteiger partial charge in [-0.2, -0.15) is 0 Å². The molecule has 1 N–H and O–H groups in total. The van der Waals surface area contributed by atoms with E-state index < -0.39 is 10.0 Å². The van der Waals surface area contributed by atoms with Crippen LogP contribution in [-0.4, -0.2) is 63.8 Å². The summed E-state index contributed by atoms with van der Waals surface area (Å²) >= 11 is 0. The van der Waals surface area contributed by atoms with E-state index in [0.717, 1.165) is 117 Å². The number of sulfonamides is 1. The van der Waals surface area contributed by atoms with Gasteiger partial charge in [0.2, 0.25) is 16.0 Å². The Balaban J connectivity index is 0.000000146. The Morgan fingerprint density at radius 3 is 1.41 bits per heavy atom. The number of pyridine rings is 2. The number of carbonyl (C=O) groups excluding carboxylic acids is 1. The van der Waals surface area contributed by atoms with Crippen LogP contribution in [0.2, 0.25) is 0 Å². The second-order valence-corrected chi connectivity index (χ2v) is 33.5. The molecule has 0 radical (unpaired) electrons. The van der Waals surface area contributed by atoms with E-state index in [-0.39, 0.29) is 52.8 Å². The molecule has 0 spiro atoms. The first-order valence-corrected chi connectivity index (χ1v) is 41.9. The van der Waals surface area contributed by atoms with Gasteiger partial charge in [0.15, 0.2) is 0 Å². The van der Waals surface area contributed by atoms with Crippen LogP contribution in [0, 0.1) is 56.8 Å². The lowest BCUT2D eigenvalue weighted by Crippen LogP contribution is -2.27. The largest absolute Gasteiger partial charge is 0.380 e. The first-order chi connectivity index (χ1) is 56.3. The number of methoxy groups -OCH3 is 1. The summed E-state index contributed by atoms with van der Waals surface area (Å²) in [6, 6.07) is 69.0. The van der Waals surface area contributed by atoms with Crippen LogP contribution < -0.4 is 9.62 Å². The SMILES string of the molecule is CC(C)c1c(C(=O)Nc2ccccc2)c(-c2ccccc2)c(-c2ccc(F)cc2)n1C.COCc1c(C(C)C)nc(C(C)C)c(C)c1-c1ccc(F)cc1.Cc1c(-c2ccc(F)cc2)c2ccccc2n1C(C)C.Cc1c(-c2ccc(F)cc2)nc(N(C)S(C)(=O)=O)nc1C(C)C.Cc1c(C2CC2)nc2ccccc2c1-c1ccc(F)cc1. The van der Waals surface area contributed by atoms with Gasteiger partial charge in [-0.3, -0.25) is 14.8 Å². The number of nitrogens with one attached hydrogen (secondary N) is 1. The van der Waals surface area contributed by atoms with Crippen molar-refractivity contribution in [3.63, 3.8) is 0 Å². The molecule has 1 aliphatic carbocycles. The molecule has 5 heterocycles. The lowest BCUT2D eigenvalue weighted by molar-refractivity contribution is 0.102. The zero-order valence-electron chi connectivity index (χ0n) is 70.6. The normalized spacial score (nSPS) is 12.0. The van der Waals surface area contributed by atoms with E-state index in [9.17, 15) is 35.2 Å². The van der Waals surface area contributed by atoms with E-state index in [1.165, 1.54) is 120 Å². The predicted octanol–water partition coefficient (Wildman–Crippen LogP) is 26.1. The second kappa shape index (κ2) is 38.1. The number of anilines is 2. The fourth-order valence-corrected chi connectivity index (χ4v) is 16.0. The maximum absolute atomic E-state index is 13.6. The zero-order chi connectivity index (χ0) is 85.1. The van der Waals surface area contributed by atoms with Crippen molar-refractivity contribution in [3.8, 4) is 67.0 Å². The predicted molar refractivity (Wildman–Crippen MR) is 474 cm³/mol. The number of carbonyl (C=O) groups is 1. The van der Waals surface area contributed by atoms with E-state index in [1.807, 2.05) is 137 Å². The first kappa shape index (κ1) is 87.1. The highest BCUT2D eigenvalue weighted by Crippen LogP contribution is 2.46. The van der Waals surface area contributed by atoms with Crippen LogP contribution in [0.4, 0.5) is 33.6 Å². The van der Waals surface area contributed by atoms with Gasteiger partial charge < -0.3 is 19.2 Å². The maximum Gasteiger partial charge on any atom is 0.258 e. The van der Waals surface area contributed by atoms with E-state index in [0.29, 0.717) is 41.7 Å². The zero-order valence-corrected chi connectivity index (χ0v) is 71.4. The molecule has 1 saturated carbocycles. The van der Waals surface area contributed by atoms with Gasteiger partial charge in [-0.15, -0.1) is 0 Å². The summed E-state index contributed by atoms with van der Waals surface area (Å²) in [5, 5.41) is 5.42. The van der Waals surface area contributed by atoms with E-state index in [1.54, 1.807) is 31.4 Å². The number of halogens is 5. The Morgan fingerprint density at radius 2 is 0.924 bits per heavy atom. The summed E-state index contributed by atoms with van der Waals surface area (Å²) in [6.45, 7) is 29.9. The molecule has 0 aliphatic heterocycles. The van der Waals surface area contributed by atoms with Crippen LogP contribution in [-0.2, 0) is 28.4 Å². The smallest absolute Gasteiger partial charge is 0.258 e. The van der Waals surface area contributed by atoms with Gasteiger partial charge >= 0.3 is 0 Å². The van der Waals surface area contributed by atoms with Crippen molar-refractivity contribution in [1.82, 2.24) is 29.1 Å². The minimum absolute atomic E-state index is 0.101. The lowest BCUT2D eigenvalue weighted by atomic mass is 9.88. The highest BCUT2D eigenvalue weighted by Gasteiger charge is 2.32. The molecule has 1 aliphatic rings. The van der Waals surface area contributed by atoms with Gasteiger partial charge in [0.05, 0.1) is 41.0 Å². The molecule has 1 fully saturated rings. The Bertz CT molecular complexity index is 5950. The number of amides is 1. The average molecular weight is 1610 g/mol. The minimum Gasteiger partial charge on any atom is -0.380 e. The second-order valence-electron chi connectivity index (χ2n) is 31.5. The Kier molecular flexibility index (Phi) is 28.1. The van der Waals surface area contributed by atoms with Crippen LogP contribution in [0.25, 0.3) is 88.8 Å². The monoisotopic (exact) mass is 1610 g/mol. The lowest BCUT2D eigenvalue weighted by Gasteiger charge is -2.23.